The van der Waals surface area contributed by atoms with Crippen molar-refractivity contribution in [3.63, 3.8) is 0 Å². The maximum absolute atomic E-state index is 5.77. The fourth-order valence-electron chi connectivity index (χ4n) is 2.37. The molecule has 5 heteroatoms. The fraction of sp³-hybridized carbons (Fsp3) is 0.0909. The summed E-state index contributed by atoms with van der Waals surface area (Å²) in [6, 6.07) is 27.9. The largest absolute Gasteiger partial charge is 0.489 e. The molecule has 0 aliphatic heterocycles. The molecule has 0 amide bonds. The normalized spacial score (nSPS) is 10.5. The predicted octanol–water partition coefficient (Wildman–Crippen LogP) is 4.26. The van der Waals surface area contributed by atoms with Crippen LogP contribution in [-0.4, -0.2) is 11.3 Å². The number of benzene rings is 3. The summed E-state index contributed by atoms with van der Waals surface area (Å²) in [5.41, 5.74) is 6.09. The maximum atomic E-state index is 5.77. The second-order valence-corrected chi connectivity index (χ2v) is 6.29. The Labute approximate surface area is 164 Å². The van der Waals surface area contributed by atoms with E-state index in [1.807, 2.05) is 84.9 Å². The standard InChI is InChI=1S/C22H21N3OS/c27-22(23-15-18-7-3-1-4-8-18)25-24-16-19-11-13-21(14-12-19)26-17-20-9-5-2-6-10-20/h1-14,16H,15,17H2,(H2,23,25,27)/b24-16+. The molecule has 4 nitrogen and oxygen atoms in total. The van der Waals surface area contributed by atoms with Gasteiger partial charge in [-0.2, -0.15) is 5.10 Å². The summed E-state index contributed by atoms with van der Waals surface area (Å²) in [5, 5.41) is 7.75. The third-order valence-corrected chi connectivity index (χ3v) is 4.04. The third-order valence-electron chi connectivity index (χ3n) is 3.80. The van der Waals surface area contributed by atoms with Crippen molar-refractivity contribution in [1.82, 2.24) is 10.7 Å². The van der Waals surface area contributed by atoms with Gasteiger partial charge in [0, 0.05) is 6.54 Å². The number of hydrogen-bond acceptors (Lipinski definition) is 3. The molecule has 3 aromatic carbocycles. The molecule has 27 heavy (non-hydrogen) atoms. The monoisotopic (exact) mass is 375 g/mol. The lowest BCUT2D eigenvalue weighted by Gasteiger charge is -2.07. The highest BCUT2D eigenvalue weighted by Crippen LogP contribution is 2.13. The number of ether oxygens (including phenoxy) is 1. The summed E-state index contributed by atoms with van der Waals surface area (Å²) in [7, 11) is 0. The molecule has 0 heterocycles. The van der Waals surface area contributed by atoms with Crippen molar-refractivity contribution in [2.24, 2.45) is 5.10 Å². The Morgan fingerprint density at radius 1 is 0.852 bits per heavy atom. The van der Waals surface area contributed by atoms with Crippen LogP contribution in [0.2, 0.25) is 0 Å². The van der Waals surface area contributed by atoms with Crippen LogP contribution in [0.5, 0.6) is 5.75 Å². The first-order chi connectivity index (χ1) is 13.3. The van der Waals surface area contributed by atoms with Gasteiger partial charge in [-0.05, 0) is 53.2 Å². The fourth-order valence-corrected chi connectivity index (χ4v) is 2.50. The van der Waals surface area contributed by atoms with E-state index in [4.69, 9.17) is 17.0 Å². The Hall–Kier alpha value is -3.18. The Morgan fingerprint density at radius 3 is 2.15 bits per heavy atom. The van der Waals surface area contributed by atoms with Gasteiger partial charge in [0.25, 0.3) is 0 Å². The van der Waals surface area contributed by atoms with Crippen LogP contribution >= 0.6 is 12.2 Å². The molecule has 0 fully saturated rings. The number of nitrogens with zero attached hydrogens (tertiary/aromatic N) is 1. The van der Waals surface area contributed by atoms with Crippen LogP contribution in [0.15, 0.2) is 90.0 Å². The number of hydrazone groups is 1. The Balaban J connectivity index is 1.41. The van der Waals surface area contributed by atoms with Crippen molar-refractivity contribution in [2.45, 2.75) is 13.2 Å². The molecule has 0 unspecified atom stereocenters. The molecule has 0 saturated carbocycles. The Kier molecular flexibility index (Phi) is 6.95. The van der Waals surface area contributed by atoms with Crippen LogP contribution in [0, 0.1) is 0 Å². The molecular weight excluding hydrogens is 354 g/mol. The van der Waals surface area contributed by atoms with Crippen LogP contribution in [0.3, 0.4) is 0 Å². The SMILES string of the molecule is S=C(NCc1ccccc1)N/N=C/c1ccc(OCc2ccccc2)cc1. The molecule has 0 aliphatic carbocycles. The van der Waals surface area contributed by atoms with Gasteiger partial charge in [-0.1, -0.05) is 60.7 Å². The summed E-state index contributed by atoms with van der Waals surface area (Å²) >= 11 is 5.21. The predicted molar refractivity (Wildman–Crippen MR) is 114 cm³/mol. The van der Waals surface area contributed by atoms with Gasteiger partial charge in [0.05, 0.1) is 6.21 Å². The highest BCUT2D eigenvalue weighted by Gasteiger charge is 1.97. The second kappa shape index (κ2) is 10.1. The lowest BCUT2D eigenvalue weighted by Crippen LogP contribution is -2.31. The van der Waals surface area contributed by atoms with Gasteiger partial charge in [-0.25, -0.2) is 0 Å². The average molecular weight is 375 g/mol. The molecule has 0 aliphatic rings. The number of rotatable bonds is 7. The third kappa shape index (κ3) is 6.56. The van der Waals surface area contributed by atoms with Gasteiger partial charge >= 0.3 is 0 Å². The van der Waals surface area contributed by atoms with E-state index >= 15 is 0 Å². The highest BCUT2D eigenvalue weighted by atomic mass is 32.1. The van der Waals surface area contributed by atoms with Crippen molar-refractivity contribution >= 4 is 23.5 Å². The first kappa shape index (κ1) is 18.6. The second-order valence-electron chi connectivity index (χ2n) is 5.88. The zero-order chi connectivity index (χ0) is 18.7. The van der Waals surface area contributed by atoms with Crippen LogP contribution < -0.4 is 15.5 Å². The smallest absolute Gasteiger partial charge is 0.187 e. The van der Waals surface area contributed by atoms with Crippen LogP contribution in [0.1, 0.15) is 16.7 Å². The van der Waals surface area contributed by atoms with Gasteiger partial charge in [0.1, 0.15) is 12.4 Å². The first-order valence-electron chi connectivity index (χ1n) is 8.67. The summed E-state index contributed by atoms with van der Waals surface area (Å²) < 4.78 is 5.77. The van der Waals surface area contributed by atoms with E-state index in [1.54, 1.807) is 6.21 Å². The van der Waals surface area contributed by atoms with Crippen molar-refractivity contribution in [3.05, 3.63) is 102 Å². The van der Waals surface area contributed by atoms with E-state index in [0.29, 0.717) is 18.3 Å². The minimum atomic E-state index is 0.484. The summed E-state index contributed by atoms with van der Waals surface area (Å²) in [6.45, 7) is 1.22. The van der Waals surface area contributed by atoms with Crippen LogP contribution in [0.4, 0.5) is 0 Å². The van der Waals surface area contributed by atoms with E-state index in [1.165, 1.54) is 0 Å². The Morgan fingerprint density at radius 2 is 1.48 bits per heavy atom. The molecule has 0 spiro atoms. The number of nitrogens with one attached hydrogen (secondary N) is 2. The van der Waals surface area contributed by atoms with Gasteiger partial charge in [0.15, 0.2) is 5.11 Å². The lowest BCUT2D eigenvalue weighted by atomic mass is 10.2. The number of hydrogen-bond donors (Lipinski definition) is 2. The van der Waals surface area contributed by atoms with E-state index in [2.05, 4.69) is 15.8 Å². The summed E-state index contributed by atoms with van der Waals surface area (Å²) in [6.07, 6.45) is 1.72. The van der Waals surface area contributed by atoms with Crippen molar-refractivity contribution < 1.29 is 4.74 Å². The molecule has 0 saturated heterocycles. The van der Waals surface area contributed by atoms with Crippen molar-refractivity contribution in [1.29, 1.82) is 0 Å². The molecule has 3 rings (SSSR count). The molecule has 2 N–H and O–H groups in total. The van der Waals surface area contributed by atoms with Crippen molar-refractivity contribution in [2.75, 3.05) is 0 Å². The van der Waals surface area contributed by atoms with E-state index < -0.39 is 0 Å². The van der Waals surface area contributed by atoms with Gasteiger partial charge in [0.2, 0.25) is 0 Å². The van der Waals surface area contributed by atoms with Crippen LogP contribution in [-0.2, 0) is 13.2 Å². The quantitative estimate of drug-likeness (QED) is 0.368. The maximum Gasteiger partial charge on any atom is 0.187 e. The zero-order valence-corrected chi connectivity index (χ0v) is 15.7. The average Bonchev–Trinajstić information content (AvgIpc) is 2.73. The van der Waals surface area contributed by atoms with Gasteiger partial charge < -0.3 is 10.1 Å². The zero-order valence-electron chi connectivity index (χ0n) is 14.8. The lowest BCUT2D eigenvalue weighted by molar-refractivity contribution is 0.306. The molecule has 3 aromatic rings. The summed E-state index contributed by atoms with van der Waals surface area (Å²) in [5.74, 6) is 0.823. The number of thiocarbonyl (C=S) groups is 1. The first-order valence-corrected chi connectivity index (χ1v) is 9.08. The van der Waals surface area contributed by atoms with Gasteiger partial charge in [-0.15, -0.1) is 0 Å². The molecule has 0 aromatic heterocycles. The van der Waals surface area contributed by atoms with Gasteiger partial charge in [-0.3, -0.25) is 5.43 Å². The molecule has 136 valence electrons. The molecule has 0 radical (unpaired) electrons. The highest BCUT2D eigenvalue weighted by molar-refractivity contribution is 7.80. The molecular formula is C22H21N3OS. The minimum absolute atomic E-state index is 0.484. The van der Waals surface area contributed by atoms with E-state index in [0.717, 1.165) is 22.4 Å². The summed E-state index contributed by atoms with van der Waals surface area (Å²) in [4.78, 5) is 0. The van der Waals surface area contributed by atoms with E-state index in [-0.39, 0.29) is 0 Å². The van der Waals surface area contributed by atoms with Crippen LogP contribution in [0.25, 0.3) is 0 Å². The minimum Gasteiger partial charge on any atom is -0.489 e. The van der Waals surface area contributed by atoms with E-state index in [9.17, 15) is 0 Å². The topological polar surface area (TPSA) is 45.7 Å². The molecule has 0 bridgehead atoms. The molecule has 0 atom stereocenters. The van der Waals surface area contributed by atoms with Crippen molar-refractivity contribution in [3.8, 4) is 5.75 Å². The Bertz CT molecular complexity index is 865.